The van der Waals surface area contributed by atoms with Gasteiger partial charge >= 0.3 is 24.2 Å². The lowest BCUT2D eigenvalue weighted by Crippen LogP contribution is -2.53. The van der Waals surface area contributed by atoms with Gasteiger partial charge in [-0.2, -0.15) is 4.90 Å². The van der Waals surface area contributed by atoms with Crippen molar-refractivity contribution in [2.24, 2.45) is 0 Å². The van der Waals surface area contributed by atoms with Gasteiger partial charge in [-0.05, 0) is 73.9 Å². The molecule has 1 aromatic heterocycles. The van der Waals surface area contributed by atoms with Gasteiger partial charge in [0, 0.05) is 18.7 Å². The molecule has 0 radical (unpaired) electrons. The molecule has 0 aliphatic carbocycles. The number of nitro groups is 1. The number of nitrogens with zero attached hydrogens (tertiary/aromatic N) is 3. The number of carbonyl (C=O) groups excluding carboxylic acids is 4. The molecule has 0 fully saturated rings. The minimum atomic E-state index is -1.67. The highest BCUT2D eigenvalue weighted by Gasteiger charge is 2.42. The minimum Gasteiger partial charge on any atom is -0.467 e. The molecule has 0 aliphatic heterocycles. The summed E-state index contributed by atoms with van der Waals surface area (Å²) < 4.78 is 22.2. The van der Waals surface area contributed by atoms with Crippen molar-refractivity contribution in [2.75, 3.05) is 7.11 Å². The summed E-state index contributed by atoms with van der Waals surface area (Å²) in [5.41, 5.74) is -3.12. The lowest BCUT2D eigenvalue weighted by atomic mass is 10.0. The van der Waals surface area contributed by atoms with Crippen molar-refractivity contribution in [3.63, 3.8) is 0 Å². The van der Waals surface area contributed by atoms with E-state index in [1.165, 1.54) is 24.4 Å². The van der Waals surface area contributed by atoms with Gasteiger partial charge in [-0.15, -0.1) is 0 Å². The molecule has 2 amide bonds. The average Bonchev–Trinajstić information content (AvgIpc) is 3.13. The van der Waals surface area contributed by atoms with Gasteiger partial charge in [0.1, 0.15) is 22.8 Å². The summed E-state index contributed by atoms with van der Waals surface area (Å²) in [5, 5.41) is 12.0. The van der Waals surface area contributed by atoms with Gasteiger partial charge in [0.05, 0.1) is 22.9 Å². The Morgan fingerprint density at radius 3 is 1.82 bits per heavy atom. The summed E-state index contributed by atoms with van der Waals surface area (Å²) in [7, 11) is 1.06. The van der Waals surface area contributed by atoms with E-state index in [1.54, 1.807) is 62.3 Å². The van der Waals surface area contributed by atoms with Crippen LogP contribution in [0.5, 0.6) is 0 Å². The van der Waals surface area contributed by atoms with Crippen LogP contribution in [0, 0.1) is 10.1 Å². The van der Waals surface area contributed by atoms with Crippen LogP contribution in [0.3, 0.4) is 0 Å². The van der Waals surface area contributed by atoms with E-state index in [1.807, 2.05) is 0 Å². The number of nitro benzene ring substituents is 1. The lowest BCUT2D eigenvalue weighted by Gasteiger charge is -2.32. The van der Waals surface area contributed by atoms with E-state index in [-0.39, 0.29) is 22.2 Å². The molecule has 13 heteroatoms. The van der Waals surface area contributed by atoms with Gasteiger partial charge in [-0.1, -0.05) is 6.07 Å². The molecule has 0 spiro atoms. The summed E-state index contributed by atoms with van der Waals surface area (Å²) in [5.74, 6) is -1.02. The first-order valence-electron chi connectivity index (χ1n) is 12.5. The number of benzene rings is 1. The maximum Gasteiger partial charge on any atom is 0.420 e. The first-order valence-corrected chi connectivity index (χ1v) is 12.5. The Morgan fingerprint density at radius 1 is 0.900 bits per heavy atom. The zero-order valence-corrected chi connectivity index (χ0v) is 24.5. The number of aromatic nitrogens is 1. The van der Waals surface area contributed by atoms with E-state index >= 15 is 0 Å². The van der Waals surface area contributed by atoms with Crippen molar-refractivity contribution >= 4 is 40.8 Å². The summed E-state index contributed by atoms with van der Waals surface area (Å²) in [6, 6.07) is 2.43. The Balaban J connectivity index is 2.78. The molecule has 0 saturated heterocycles. The number of methoxy groups -OCH3 is 1. The van der Waals surface area contributed by atoms with Crippen LogP contribution in [0.25, 0.3) is 10.9 Å². The van der Waals surface area contributed by atoms with Gasteiger partial charge < -0.3 is 18.9 Å². The number of non-ortho nitro benzene ring substituents is 1. The van der Waals surface area contributed by atoms with Crippen LogP contribution >= 0.6 is 0 Å². The fourth-order valence-corrected chi connectivity index (χ4v) is 3.69. The third kappa shape index (κ3) is 8.17. The Morgan fingerprint density at radius 2 is 1.40 bits per heavy atom. The quantitative estimate of drug-likeness (QED) is 0.194. The van der Waals surface area contributed by atoms with Crippen LogP contribution in [-0.2, 0) is 30.2 Å². The molecule has 1 aromatic carbocycles. The molecule has 40 heavy (non-hydrogen) atoms. The number of ether oxygens (including phenoxy) is 4. The smallest absolute Gasteiger partial charge is 0.420 e. The van der Waals surface area contributed by atoms with Crippen LogP contribution < -0.4 is 0 Å². The van der Waals surface area contributed by atoms with Crippen molar-refractivity contribution in [1.82, 2.24) is 9.47 Å². The van der Waals surface area contributed by atoms with E-state index in [9.17, 15) is 29.3 Å². The number of carbonyl (C=O) groups is 4. The number of esters is 1. The molecule has 0 saturated carbocycles. The van der Waals surface area contributed by atoms with Crippen LogP contribution in [0.15, 0.2) is 24.4 Å². The molecular weight excluding hydrogens is 526 g/mol. The molecule has 220 valence electrons. The first kappa shape index (κ1) is 32.1. The fourth-order valence-electron chi connectivity index (χ4n) is 3.69. The van der Waals surface area contributed by atoms with Crippen LogP contribution in [0.2, 0.25) is 0 Å². The van der Waals surface area contributed by atoms with Crippen molar-refractivity contribution < 1.29 is 43.0 Å². The fraction of sp³-hybridized carbons (Fsp3) is 0.556. The van der Waals surface area contributed by atoms with Crippen molar-refractivity contribution in [2.45, 2.75) is 91.6 Å². The standard InChI is InChI=1S/C27H37N3O10/c1-25(2,3)38-22(32)28-15-16(20-17(28)12-11-13-18(20)30(35)36)14-19(21(31)37-10)29(23(33)39-26(4,5)6)24(34)40-27(7,8)9/h11-13,15,19H,14H2,1-10H3/t19-/m0/s1. The van der Waals surface area contributed by atoms with Crippen molar-refractivity contribution in [1.29, 1.82) is 0 Å². The van der Waals surface area contributed by atoms with E-state index < -0.39 is 58.4 Å². The average molecular weight is 564 g/mol. The summed E-state index contributed by atoms with van der Waals surface area (Å²) in [6.45, 7) is 14.4. The molecule has 0 aliphatic rings. The third-order valence-electron chi connectivity index (χ3n) is 5.05. The van der Waals surface area contributed by atoms with Gasteiger partial charge in [-0.3, -0.25) is 14.7 Å². The Kier molecular flexibility index (Phi) is 9.23. The SMILES string of the molecule is COC(=O)[C@H](Cc1cn(C(=O)OC(C)(C)C)c2cccc([N+](=O)[O-])c12)N(C(=O)OC(C)(C)C)C(=O)OC(C)(C)C. The summed E-state index contributed by atoms with van der Waals surface area (Å²) in [4.78, 5) is 64.4. The first-order chi connectivity index (χ1) is 18.1. The molecular formula is C27H37N3O10. The Labute approximate surface area is 232 Å². The second kappa shape index (κ2) is 11.5. The highest BCUT2D eigenvalue weighted by atomic mass is 16.6. The van der Waals surface area contributed by atoms with Gasteiger partial charge in [0.2, 0.25) is 0 Å². The maximum absolute atomic E-state index is 13.3. The predicted octanol–water partition coefficient (Wildman–Crippen LogP) is 5.59. The Hall–Kier alpha value is -4.16. The van der Waals surface area contributed by atoms with Gasteiger partial charge in [-0.25, -0.2) is 19.2 Å². The van der Waals surface area contributed by atoms with Crippen LogP contribution in [0.1, 0.15) is 67.9 Å². The van der Waals surface area contributed by atoms with Crippen LogP contribution in [0.4, 0.5) is 20.1 Å². The number of hydrogen-bond acceptors (Lipinski definition) is 10. The molecule has 0 bridgehead atoms. The largest absolute Gasteiger partial charge is 0.467 e. The molecule has 2 rings (SSSR count). The number of rotatable bonds is 5. The minimum absolute atomic E-state index is 0.0144. The lowest BCUT2D eigenvalue weighted by molar-refractivity contribution is -0.383. The van der Waals surface area contributed by atoms with Crippen LogP contribution in [-0.4, -0.2) is 68.6 Å². The molecule has 0 N–H and O–H groups in total. The topological polar surface area (TPSA) is 157 Å². The molecule has 0 unspecified atom stereocenters. The van der Waals surface area contributed by atoms with Gasteiger partial charge in [0.25, 0.3) is 5.69 Å². The molecule has 13 nitrogen and oxygen atoms in total. The molecule has 1 heterocycles. The second-order valence-electron chi connectivity index (χ2n) is 12.0. The predicted molar refractivity (Wildman–Crippen MR) is 144 cm³/mol. The highest BCUT2D eigenvalue weighted by molar-refractivity contribution is 5.99. The zero-order chi connectivity index (χ0) is 30.8. The number of imide groups is 1. The normalized spacial score (nSPS) is 12.8. The van der Waals surface area contributed by atoms with E-state index in [0.29, 0.717) is 4.90 Å². The maximum atomic E-state index is 13.3. The van der Waals surface area contributed by atoms with Crippen molar-refractivity contribution in [3.8, 4) is 0 Å². The third-order valence-corrected chi connectivity index (χ3v) is 5.05. The second-order valence-corrected chi connectivity index (χ2v) is 12.0. The summed E-state index contributed by atoms with van der Waals surface area (Å²) >= 11 is 0. The number of amides is 2. The van der Waals surface area contributed by atoms with E-state index in [4.69, 9.17) is 18.9 Å². The monoisotopic (exact) mass is 563 g/mol. The number of fused-ring (bicyclic) bond motifs is 1. The zero-order valence-electron chi connectivity index (χ0n) is 24.5. The van der Waals surface area contributed by atoms with Gasteiger partial charge in [0.15, 0.2) is 0 Å². The molecule has 1 atom stereocenters. The molecule has 2 aromatic rings. The number of hydrogen-bond donors (Lipinski definition) is 0. The van der Waals surface area contributed by atoms with E-state index in [2.05, 4.69) is 0 Å². The Bertz CT molecular complexity index is 1280. The highest BCUT2D eigenvalue weighted by Crippen LogP contribution is 2.33. The van der Waals surface area contributed by atoms with E-state index in [0.717, 1.165) is 11.7 Å². The van der Waals surface area contributed by atoms with Crippen molar-refractivity contribution in [3.05, 3.63) is 40.1 Å². The summed E-state index contributed by atoms with van der Waals surface area (Å²) in [6.07, 6.45) is -2.41.